The minimum Gasteiger partial charge on any atom is -0.370 e. The lowest BCUT2D eigenvalue weighted by Crippen LogP contribution is -2.61. The maximum atomic E-state index is 12.1. The van der Waals surface area contributed by atoms with Crippen LogP contribution < -0.4 is 22.1 Å². The second-order valence-corrected chi connectivity index (χ2v) is 5.13. The molecule has 2 atom stereocenters. The number of rotatable bonds is 3. The summed E-state index contributed by atoms with van der Waals surface area (Å²) >= 11 is 0. The van der Waals surface area contributed by atoms with E-state index in [1.165, 1.54) is 4.90 Å². The van der Waals surface area contributed by atoms with Crippen LogP contribution in [0.2, 0.25) is 0 Å². The van der Waals surface area contributed by atoms with Gasteiger partial charge in [0.15, 0.2) is 0 Å². The third kappa shape index (κ3) is 2.57. The van der Waals surface area contributed by atoms with Gasteiger partial charge in [-0.25, -0.2) is 4.79 Å². The fourth-order valence-electron chi connectivity index (χ4n) is 2.60. The molecule has 110 valence electrons. The van der Waals surface area contributed by atoms with Crippen molar-refractivity contribution in [1.29, 1.82) is 0 Å². The first-order chi connectivity index (χ1) is 9.34. The average Bonchev–Trinajstić information content (AvgIpc) is 2.62. The first-order valence-electron chi connectivity index (χ1n) is 6.30. The van der Waals surface area contributed by atoms with Crippen LogP contribution in [-0.4, -0.2) is 53.3 Å². The Bertz CT molecular complexity index is 479. The molecule has 0 aromatic carbocycles. The summed E-state index contributed by atoms with van der Waals surface area (Å²) in [5.74, 6) is -1.55. The van der Waals surface area contributed by atoms with E-state index in [1.807, 2.05) is 0 Å². The van der Waals surface area contributed by atoms with E-state index in [4.69, 9.17) is 11.5 Å². The number of carbonyl (C=O) groups is 4. The predicted molar refractivity (Wildman–Crippen MR) is 67.0 cm³/mol. The van der Waals surface area contributed by atoms with Crippen molar-refractivity contribution in [2.24, 2.45) is 11.5 Å². The number of nitrogens with two attached hydrogens (primary N) is 2. The first kappa shape index (κ1) is 14.3. The summed E-state index contributed by atoms with van der Waals surface area (Å²) in [6.07, 6.45) is 0.767. The van der Waals surface area contributed by atoms with Gasteiger partial charge in [0.25, 0.3) is 5.91 Å². The molecule has 9 heteroatoms. The van der Waals surface area contributed by atoms with Crippen LogP contribution in [0.1, 0.15) is 19.3 Å². The number of piperidine rings is 1. The maximum absolute atomic E-state index is 12.1. The van der Waals surface area contributed by atoms with Gasteiger partial charge in [-0.1, -0.05) is 0 Å². The monoisotopic (exact) mass is 283 g/mol. The van der Waals surface area contributed by atoms with Gasteiger partial charge in [0.2, 0.25) is 11.8 Å². The number of nitrogens with one attached hydrogen (secondary N) is 2. The van der Waals surface area contributed by atoms with E-state index in [1.54, 1.807) is 0 Å². The van der Waals surface area contributed by atoms with Gasteiger partial charge in [0, 0.05) is 6.54 Å². The van der Waals surface area contributed by atoms with E-state index < -0.39 is 35.3 Å². The molecule has 9 nitrogen and oxygen atoms in total. The fourth-order valence-corrected chi connectivity index (χ4v) is 2.60. The molecule has 5 amide bonds. The molecule has 1 spiro atoms. The number of carbonyl (C=O) groups excluding carboxylic acids is 4. The van der Waals surface area contributed by atoms with E-state index in [0.717, 1.165) is 0 Å². The number of amides is 5. The normalized spacial score (nSPS) is 27.1. The highest BCUT2D eigenvalue weighted by Crippen LogP contribution is 2.24. The summed E-state index contributed by atoms with van der Waals surface area (Å²) in [5.41, 5.74) is 9.54. The minimum atomic E-state index is -1.09. The molecule has 0 saturated carbocycles. The van der Waals surface area contributed by atoms with Crippen molar-refractivity contribution in [2.75, 3.05) is 13.1 Å². The molecule has 2 aliphatic heterocycles. The standard InChI is InChI=1S/C11H17N5O4/c12-6(4-7(13)17)8(18)16-3-1-2-11(5-16)9(19)14-10(20)15-11/h6H,1-5,12H2,(H2,13,17)(H2,14,15,19,20). The molecule has 6 N–H and O–H groups in total. The lowest BCUT2D eigenvalue weighted by molar-refractivity contribution is -0.138. The van der Waals surface area contributed by atoms with Crippen molar-refractivity contribution >= 4 is 23.8 Å². The van der Waals surface area contributed by atoms with Crippen molar-refractivity contribution in [1.82, 2.24) is 15.5 Å². The largest absolute Gasteiger partial charge is 0.370 e. The second-order valence-electron chi connectivity index (χ2n) is 5.13. The molecule has 0 radical (unpaired) electrons. The van der Waals surface area contributed by atoms with Crippen LogP contribution in [0.15, 0.2) is 0 Å². The van der Waals surface area contributed by atoms with Crippen molar-refractivity contribution in [3.8, 4) is 0 Å². The highest BCUT2D eigenvalue weighted by atomic mass is 16.2. The highest BCUT2D eigenvalue weighted by molar-refractivity contribution is 6.07. The summed E-state index contributed by atoms with van der Waals surface area (Å²) in [4.78, 5) is 47.4. The summed E-state index contributed by atoms with van der Waals surface area (Å²) in [5, 5.41) is 4.72. The first-order valence-corrected chi connectivity index (χ1v) is 6.30. The fraction of sp³-hybridized carbons (Fsp3) is 0.636. The molecule has 0 aromatic heterocycles. The Balaban J connectivity index is 2.07. The minimum absolute atomic E-state index is 0.0515. The van der Waals surface area contributed by atoms with Crippen LogP contribution >= 0.6 is 0 Å². The highest BCUT2D eigenvalue weighted by Gasteiger charge is 2.49. The van der Waals surface area contributed by atoms with E-state index in [-0.39, 0.29) is 13.0 Å². The molecule has 2 unspecified atom stereocenters. The van der Waals surface area contributed by atoms with Gasteiger partial charge in [-0.15, -0.1) is 0 Å². The molecule has 0 bridgehead atoms. The van der Waals surface area contributed by atoms with Gasteiger partial charge in [-0.3, -0.25) is 19.7 Å². The second kappa shape index (κ2) is 5.08. The van der Waals surface area contributed by atoms with Crippen LogP contribution in [0.5, 0.6) is 0 Å². The Labute approximate surface area is 115 Å². The van der Waals surface area contributed by atoms with E-state index in [2.05, 4.69) is 10.6 Å². The number of urea groups is 1. The van der Waals surface area contributed by atoms with Crippen LogP contribution in [0.25, 0.3) is 0 Å². The quantitative estimate of drug-likeness (QED) is 0.419. The summed E-state index contributed by atoms with van der Waals surface area (Å²) < 4.78 is 0. The maximum Gasteiger partial charge on any atom is 0.322 e. The summed E-state index contributed by atoms with van der Waals surface area (Å²) in [6, 6.07) is -1.59. The molecule has 0 aliphatic carbocycles. The van der Waals surface area contributed by atoms with Gasteiger partial charge in [-0.05, 0) is 12.8 Å². The SMILES string of the molecule is NC(=O)CC(N)C(=O)N1CCCC2(C1)NC(=O)NC2=O. The Hall–Kier alpha value is -2.16. The number of primary amides is 1. The summed E-state index contributed by atoms with van der Waals surface area (Å²) in [7, 11) is 0. The van der Waals surface area contributed by atoms with Crippen molar-refractivity contribution in [3.05, 3.63) is 0 Å². The average molecular weight is 283 g/mol. The number of nitrogens with zero attached hydrogens (tertiary/aromatic N) is 1. The van der Waals surface area contributed by atoms with Crippen LogP contribution in [-0.2, 0) is 14.4 Å². The Morgan fingerprint density at radius 3 is 2.65 bits per heavy atom. The molecule has 2 aliphatic rings. The Kier molecular flexibility index (Phi) is 3.62. The molecule has 20 heavy (non-hydrogen) atoms. The number of likely N-dealkylation sites (tertiary alicyclic amines) is 1. The molecule has 2 fully saturated rings. The number of hydrogen-bond donors (Lipinski definition) is 4. The van der Waals surface area contributed by atoms with Crippen molar-refractivity contribution < 1.29 is 19.2 Å². The Morgan fingerprint density at radius 2 is 2.10 bits per heavy atom. The molecule has 0 aromatic rings. The smallest absolute Gasteiger partial charge is 0.322 e. The van der Waals surface area contributed by atoms with Crippen molar-refractivity contribution in [2.45, 2.75) is 30.8 Å². The Morgan fingerprint density at radius 1 is 1.40 bits per heavy atom. The third-order valence-electron chi connectivity index (χ3n) is 3.56. The molecule has 2 saturated heterocycles. The van der Waals surface area contributed by atoms with Crippen LogP contribution in [0, 0.1) is 0 Å². The predicted octanol–water partition coefficient (Wildman–Crippen LogP) is -2.61. The van der Waals surface area contributed by atoms with Gasteiger partial charge in [0.1, 0.15) is 5.54 Å². The van der Waals surface area contributed by atoms with Gasteiger partial charge in [-0.2, -0.15) is 0 Å². The van der Waals surface area contributed by atoms with E-state index in [9.17, 15) is 19.2 Å². The van der Waals surface area contributed by atoms with E-state index >= 15 is 0 Å². The zero-order valence-electron chi connectivity index (χ0n) is 10.8. The molecule has 2 rings (SSSR count). The van der Waals surface area contributed by atoms with Gasteiger partial charge in [0.05, 0.1) is 19.0 Å². The van der Waals surface area contributed by atoms with Crippen LogP contribution in [0.3, 0.4) is 0 Å². The molecule has 2 heterocycles. The number of hydrogen-bond acceptors (Lipinski definition) is 5. The molecular formula is C11H17N5O4. The zero-order valence-corrected chi connectivity index (χ0v) is 10.8. The summed E-state index contributed by atoms with van der Waals surface area (Å²) in [6.45, 7) is 0.478. The zero-order chi connectivity index (χ0) is 14.9. The third-order valence-corrected chi connectivity index (χ3v) is 3.56. The van der Waals surface area contributed by atoms with Crippen LogP contribution in [0.4, 0.5) is 4.79 Å². The van der Waals surface area contributed by atoms with Gasteiger partial charge < -0.3 is 21.7 Å². The van der Waals surface area contributed by atoms with Crippen molar-refractivity contribution in [3.63, 3.8) is 0 Å². The molecular weight excluding hydrogens is 266 g/mol. The lowest BCUT2D eigenvalue weighted by Gasteiger charge is -2.38. The number of imide groups is 1. The topological polar surface area (TPSA) is 148 Å². The van der Waals surface area contributed by atoms with Gasteiger partial charge >= 0.3 is 6.03 Å². The lowest BCUT2D eigenvalue weighted by atomic mass is 9.89. The van der Waals surface area contributed by atoms with E-state index in [0.29, 0.717) is 19.4 Å².